The van der Waals surface area contributed by atoms with Gasteiger partial charge in [0.15, 0.2) is 12.8 Å². The van der Waals surface area contributed by atoms with Crippen LogP contribution in [0, 0.1) is 0 Å². The minimum atomic E-state index is -0.931. The molecular weight excluding hydrogens is 568 g/mol. The molecule has 1 aromatic heterocycles. The number of carbonyl (C=O) groups excluding carboxylic acids is 3. The Kier molecular flexibility index (Phi) is 9.46. The molecule has 3 atom stereocenters. The van der Waals surface area contributed by atoms with Gasteiger partial charge in [0.25, 0.3) is 0 Å². The van der Waals surface area contributed by atoms with E-state index in [0.717, 1.165) is 27.9 Å². The Morgan fingerprint density at radius 1 is 0.956 bits per heavy atom. The molecule has 2 N–H and O–H groups in total. The number of nitrogens with zero attached hydrogens (tertiary/aromatic N) is 2. The lowest BCUT2D eigenvalue weighted by atomic mass is 9.93. The molecule has 0 saturated carbocycles. The first-order valence-corrected chi connectivity index (χ1v) is 15.3. The van der Waals surface area contributed by atoms with Crippen molar-refractivity contribution >= 4 is 29.7 Å². The molecule has 3 unspecified atom stereocenters. The third kappa shape index (κ3) is 7.38. The topological polar surface area (TPSA) is 102 Å². The van der Waals surface area contributed by atoms with Gasteiger partial charge in [-0.1, -0.05) is 78.9 Å². The highest BCUT2D eigenvalue weighted by atomic mass is 16.5. The third-order valence-corrected chi connectivity index (χ3v) is 8.24. The number of esters is 1. The van der Waals surface area contributed by atoms with E-state index in [4.69, 9.17) is 9.47 Å². The molecule has 6 rings (SSSR count). The van der Waals surface area contributed by atoms with Crippen LogP contribution in [0.4, 0.5) is 5.69 Å². The molecule has 0 radical (unpaired) electrons. The normalized spacial score (nSPS) is 18.8. The maximum absolute atomic E-state index is 14.1. The number of rotatable bonds is 8. The zero-order chi connectivity index (χ0) is 31.0. The van der Waals surface area contributed by atoms with E-state index in [1.165, 1.54) is 0 Å². The molecule has 3 aromatic carbocycles. The molecule has 4 aromatic rings. The van der Waals surface area contributed by atoms with Gasteiger partial charge in [-0.15, -0.1) is 0 Å². The SMILES string of the molecule is O=C(CC(C(=O)NC1CC2C=[N+](CCOCCNC1=O)c1ccccc12)n1ccc(-c2ccccc2)c1)OCc1ccccc1. The highest BCUT2D eigenvalue weighted by molar-refractivity contribution is 5.91. The van der Waals surface area contributed by atoms with Crippen LogP contribution < -0.4 is 10.6 Å². The van der Waals surface area contributed by atoms with Crippen LogP contribution in [0.15, 0.2) is 103 Å². The van der Waals surface area contributed by atoms with Crippen molar-refractivity contribution in [3.63, 3.8) is 0 Å². The molecule has 45 heavy (non-hydrogen) atoms. The second-order valence-electron chi connectivity index (χ2n) is 11.3. The predicted molar refractivity (Wildman–Crippen MR) is 170 cm³/mol. The molecular formula is C36H37N4O5+. The maximum Gasteiger partial charge on any atom is 0.308 e. The molecule has 3 heterocycles. The predicted octanol–water partition coefficient (Wildman–Crippen LogP) is 4.36. The molecule has 0 aliphatic carbocycles. The number of para-hydroxylation sites is 1. The number of aromatic nitrogens is 1. The van der Waals surface area contributed by atoms with Crippen molar-refractivity contribution in [1.82, 2.24) is 15.2 Å². The van der Waals surface area contributed by atoms with Crippen molar-refractivity contribution in [1.29, 1.82) is 0 Å². The van der Waals surface area contributed by atoms with Crippen LogP contribution in [0.1, 0.15) is 35.9 Å². The van der Waals surface area contributed by atoms with Gasteiger partial charge in [0, 0.05) is 30.6 Å². The largest absolute Gasteiger partial charge is 0.461 e. The fraction of sp³-hybridized carbons (Fsp3) is 0.278. The molecule has 9 nitrogen and oxygen atoms in total. The van der Waals surface area contributed by atoms with Gasteiger partial charge in [-0.05, 0) is 29.2 Å². The minimum absolute atomic E-state index is 0.0813. The van der Waals surface area contributed by atoms with Crippen LogP contribution >= 0.6 is 0 Å². The molecule has 0 saturated heterocycles. The number of hydrogen-bond donors (Lipinski definition) is 2. The van der Waals surface area contributed by atoms with Crippen molar-refractivity contribution in [2.24, 2.45) is 0 Å². The zero-order valence-electron chi connectivity index (χ0n) is 25.0. The van der Waals surface area contributed by atoms with Crippen molar-refractivity contribution in [2.45, 2.75) is 37.5 Å². The fourth-order valence-electron chi connectivity index (χ4n) is 5.91. The van der Waals surface area contributed by atoms with Gasteiger partial charge in [0.2, 0.25) is 17.5 Å². The summed E-state index contributed by atoms with van der Waals surface area (Å²) < 4.78 is 15.2. The van der Waals surface area contributed by atoms with Crippen LogP contribution in [-0.4, -0.2) is 65.5 Å². The van der Waals surface area contributed by atoms with Crippen molar-refractivity contribution < 1.29 is 28.4 Å². The van der Waals surface area contributed by atoms with Gasteiger partial charge in [0.1, 0.15) is 25.3 Å². The Labute approximate surface area is 262 Å². The summed E-state index contributed by atoms with van der Waals surface area (Å²) in [4.78, 5) is 40.7. The zero-order valence-corrected chi connectivity index (χ0v) is 25.0. The van der Waals surface area contributed by atoms with Gasteiger partial charge in [-0.3, -0.25) is 14.4 Å². The number of fused-ring (bicyclic) bond motifs is 4. The number of carbonyl (C=O) groups is 3. The number of benzene rings is 3. The van der Waals surface area contributed by atoms with E-state index in [9.17, 15) is 14.4 Å². The van der Waals surface area contributed by atoms with Gasteiger partial charge >= 0.3 is 5.97 Å². The Balaban J connectivity index is 1.25. The quantitative estimate of drug-likeness (QED) is 0.230. The van der Waals surface area contributed by atoms with Gasteiger partial charge < -0.3 is 24.7 Å². The summed E-state index contributed by atoms with van der Waals surface area (Å²) in [6, 6.07) is 27.5. The molecule has 230 valence electrons. The smallest absolute Gasteiger partial charge is 0.308 e. The van der Waals surface area contributed by atoms with Crippen LogP contribution in [0.5, 0.6) is 0 Å². The lowest BCUT2D eigenvalue weighted by Crippen LogP contribution is -2.50. The fourth-order valence-corrected chi connectivity index (χ4v) is 5.91. The lowest BCUT2D eigenvalue weighted by Gasteiger charge is -2.24. The molecule has 2 bridgehead atoms. The Hall–Kier alpha value is -5.02. The van der Waals surface area contributed by atoms with Crippen LogP contribution in [0.2, 0.25) is 0 Å². The Morgan fingerprint density at radius 3 is 2.53 bits per heavy atom. The Bertz CT molecular complexity index is 1670. The van der Waals surface area contributed by atoms with Crippen LogP contribution in [0.25, 0.3) is 11.1 Å². The van der Waals surface area contributed by atoms with E-state index in [0.29, 0.717) is 32.7 Å². The number of hydrogen-bond acceptors (Lipinski definition) is 5. The Morgan fingerprint density at radius 2 is 1.71 bits per heavy atom. The van der Waals surface area contributed by atoms with Crippen LogP contribution in [-0.2, 0) is 30.5 Å². The minimum Gasteiger partial charge on any atom is -0.461 e. The van der Waals surface area contributed by atoms with Crippen molar-refractivity contribution in [3.05, 3.63) is 115 Å². The van der Waals surface area contributed by atoms with E-state index in [2.05, 4.69) is 33.6 Å². The molecule has 0 fully saturated rings. The monoisotopic (exact) mass is 605 g/mol. The van der Waals surface area contributed by atoms with E-state index in [-0.39, 0.29) is 24.9 Å². The molecule has 2 aliphatic rings. The van der Waals surface area contributed by atoms with Gasteiger partial charge in [0.05, 0.1) is 18.9 Å². The number of amides is 2. The summed E-state index contributed by atoms with van der Waals surface area (Å²) in [7, 11) is 0. The first kappa shape index (κ1) is 30.0. The molecule has 2 aliphatic heterocycles. The van der Waals surface area contributed by atoms with Crippen molar-refractivity contribution in [2.75, 3.05) is 26.3 Å². The molecule has 0 spiro atoms. The average molecular weight is 606 g/mol. The lowest BCUT2D eigenvalue weighted by molar-refractivity contribution is -0.437. The molecule has 2 amide bonds. The average Bonchev–Trinajstić information content (AvgIpc) is 3.70. The van der Waals surface area contributed by atoms with E-state index < -0.39 is 24.0 Å². The van der Waals surface area contributed by atoms with E-state index in [1.807, 2.05) is 85.1 Å². The highest BCUT2D eigenvalue weighted by Gasteiger charge is 2.36. The first-order chi connectivity index (χ1) is 22.0. The second-order valence-corrected chi connectivity index (χ2v) is 11.3. The van der Waals surface area contributed by atoms with Crippen molar-refractivity contribution in [3.8, 4) is 11.1 Å². The first-order valence-electron chi connectivity index (χ1n) is 15.3. The molecule has 9 heteroatoms. The summed E-state index contributed by atoms with van der Waals surface area (Å²) in [5, 5.41) is 5.92. The van der Waals surface area contributed by atoms with Gasteiger partial charge in [-0.2, -0.15) is 4.58 Å². The number of nitrogens with one attached hydrogen (secondary N) is 2. The van der Waals surface area contributed by atoms with E-state index in [1.54, 1.807) is 10.8 Å². The number of ether oxygens (including phenoxy) is 2. The van der Waals surface area contributed by atoms with Gasteiger partial charge in [-0.25, -0.2) is 0 Å². The summed E-state index contributed by atoms with van der Waals surface area (Å²) >= 11 is 0. The summed E-state index contributed by atoms with van der Waals surface area (Å²) in [5.74, 6) is -1.32. The maximum atomic E-state index is 14.1. The summed E-state index contributed by atoms with van der Waals surface area (Å²) in [6.45, 7) is 2.04. The van der Waals surface area contributed by atoms with Crippen LogP contribution in [0.3, 0.4) is 0 Å². The van der Waals surface area contributed by atoms with E-state index >= 15 is 0 Å². The summed E-state index contributed by atoms with van der Waals surface area (Å²) in [6.07, 6.45) is 5.92. The standard InChI is InChI=1S/C36H36N4O5/c41-34(45-25-26-9-3-1-4-10-26)22-33(39-17-15-28(23-39)27-11-5-2-6-12-27)36(43)38-31-21-29-24-40(32-14-8-7-13-30(29)32)18-20-44-19-16-37-35(31)42/h1-15,17,23-24,29,31,33H,16,18-22,25H2,(H-,37,38,42,43)/p+1. The summed E-state index contributed by atoms with van der Waals surface area (Å²) in [5.41, 5.74) is 4.93. The second kappa shape index (κ2) is 14.2. The highest BCUT2D eigenvalue weighted by Crippen LogP contribution is 2.34. The third-order valence-electron chi connectivity index (χ3n) is 8.24.